The molecule has 4 N–H and O–H groups in total. The summed E-state index contributed by atoms with van der Waals surface area (Å²) >= 11 is 0. The van der Waals surface area contributed by atoms with Gasteiger partial charge in [-0.2, -0.15) is 0 Å². The number of hydrogen-bond acceptors (Lipinski definition) is 5. The number of aromatic nitrogens is 2. The number of likely N-dealkylation sites (tertiary alicyclic amines) is 2. The van der Waals surface area contributed by atoms with E-state index in [2.05, 4.69) is 23.6 Å². The molecule has 37 heavy (non-hydrogen) atoms. The third-order valence-electron chi connectivity index (χ3n) is 8.37. The summed E-state index contributed by atoms with van der Waals surface area (Å²) in [7, 11) is 0. The number of carbonyl (C=O) groups is 1. The Morgan fingerprint density at radius 3 is 2.35 bits per heavy atom. The van der Waals surface area contributed by atoms with Crippen molar-refractivity contribution in [2.75, 3.05) is 32.7 Å². The first-order valence-corrected chi connectivity index (χ1v) is 13.7. The number of nitrogens with zero attached hydrogens (tertiary/aromatic N) is 4. The molecule has 3 fully saturated rings. The second-order valence-electron chi connectivity index (χ2n) is 10.9. The number of hydrogen-bond donors (Lipinski definition) is 2. The van der Waals surface area contributed by atoms with Crippen LogP contribution >= 0.6 is 0 Å². The number of benzene rings is 1. The quantitative estimate of drug-likeness (QED) is 0.538. The van der Waals surface area contributed by atoms with E-state index in [9.17, 15) is 9.59 Å². The molecule has 198 valence electrons. The van der Waals surface area contributed by atoms with Gasteiger partial charge in [0, 0.05) is 38.1 Å². The van der Waals surface area contributed by atoms with Crippen LogP contribution in [-0.2, 0) is 11.3 Å². The fraction of sp³-hybridized carbons (Fsp3) is 0.517. The molecule has 8 nitrogen and oxygen atoms in total. The lowest BCUT2D eigenvalue weighted by molar-refractivity contribution is -0.138. The Kier molecular flexibility index (Phi) is 7.55. The maximum atomic E-state index is 13.6. The maximum Gasteiger partial charge on any atom is 0.329 e. The van der Waals surface area contributed by atoms with Crippen LogP contribution in [0.4, 0.5) is 0 Å². The SMILES string of the molecule is C=Cc1ccc2c(c1)n(CC1CC1)c(=O)n2C1CCN(C(=O)C2CCN(CC(/C=C\N)=C/N)CC2)CC1. The summed E-state index contributed by atoms with van der Waals surface area (Å²) in [6.07, 6.45) is 12.5. The molecule has 0 radical (unpaired) electrons. The van der Waals surface area contributed by atoms with Gasteiger partial charge < -0.3 is 16.4 Å². The zero-order chi connectivity index (χ0) is 25.9. The molecule has 0 unspecified atom stereocenters. The van der Waals surface area contributed by atoms with Gasteiger partial charge >= 0.3 is 5.69 Å². The van der Waals surface area contributed by atoms with Gasteiger partial charge in [0.15, 0.2) is 0 Å². The number of piperidine rings is 2. The van der Waals surface area contributed by atoms with Crippen LogP contribution in [0.2, 0.25) is 0 Å². The second-order valence-corrected chi connectivity index (χ2v) is 10.9. The van der Waals surface area contributed by atoms with Gasteiger partial charge in [0.2, 0.25) is 5.91 Å². The van der Waals surface area contributed by atoms with Crippen molar-refractivity contribution in [3.05, 3.63) is 64.9 Å². The van der Waals surface area contributed by atoms with Crippen molar-refractivity contribution in [2.24, 2.45) is 23.3 Å². The van der Waals surface area contributed by atoms with Crippen molar-refractivity contribution in [2.45, 2.75) is 51.1 Å². The van der Waals surface area contributed by atoms with E-state index in [0.717, 1.165) is 74.0 Å². The molecule has 3 heterocycles. The van der Waals surface area contributed by atoms with Gasteiger partial charge in [-0.25, -0.2) is 4.79 Å². The van der Waals surface area contributed by atoms with Crippen molar-refractivity contribution in [1.29, 1.82) is 0 Å². The number of imidazole rings is 1. The minimum atomic E-state index is 0.0728. The summed E-state index contributed by atoms with van der Waals surface area (Å²) in [5, 5.41) is 0. The summed E-state index contributed by atoms with van der Waals surface area (Å²) in [5.74, 6) is 0.961. The molecule has 2 aliphatic heterocycles. The number of rotatable bonds is 8. The predicted molar refractivity (Wildman–Crippen MR) is 149 cm³/mol. The molecule has 0 atom stereocenters. The van der Waals surface area contributed by atoms with Gasteiger partial charge in [0.05, 0.1) is 11.0 Å². The molecule has 2 aromatic rings. The average Bonchev–Trinajstić information content (AvgIpc) is 3.72. The zero-order valence-electron chi connectivity index (χ0n) is 21.7. The Balaban J connectivity index is 1.22. The first-order chi connectivity index (χ1) is 18.0. The fourth-order valence-electron chi connectivity index (χ4n) is 5.99. The third kappa shape index (κ3) is 5.39. The largest absolute Gasteiger partial charge is 0.405 e. The highest BCUT2D eigenvalue weighted by Gasteiger charge is 2.33. The Bertz CT molecular complexity index is 1250. The lowest BCUT2D eigenvalue weighted by atomic mass is 9.93. The lowest BCUT2D eigenvalue weighted by Gasteiger charge is -2.37. The number of amides is 1. The van der Waals surface area contributed by atoms with Crippen molar-refractivity contribution in [3.8, 4) is 0 Å². The van der Waals surface area contributed by atoms with Gasteiger partial charge in [-0.3, -0.25) is 18.8 Å². The Morgan fingerprint density at radius 2 is 1.73 bits per heavy atom. The van der Waals surface area contributed by atoms with E-state index < -0.39 is 0 Å². The van der Waals surface area contributed by atoms with Crippen LogP contribution in [0.3, 0.4) is 0 Å². The fourth-order valence-corrected chi connectivity index (χ4v) is 5.99. The highest BCUT2D eigenvalue weighted by atomic mass is 16.2. The number of nitrogens with two attached hydrogens (primary N) is 2. The summed E-state index contributed by atoms with van der Waals surface area (Å²) in [5.41, 5.74) is 15.3. The molecule has 1 aromatic carbocycles. The van der Waals surface area contributed by atoms with Crippen LogP contribution in [0, 0.1) is 11.8 Å². The Hall–Kier alpha value is -3.26. The first-order valence-electron chi connectivity index (χ1n) is 13.7. The molecule has 5 rings (SSSR count). The van der Waals surface area contributed by atoms with E-state index in [4.69, 9.17) is 11.5 Å². The molecule has 8 heteroatoms. The minimum absolute atomic E-state index is 0.0728. The van der Waals surface area contributed by atoms with Crippen LogP contribution in [0.1, 0.15) is 50.1 Å². The molecule has 0 bridgehead atoms. The van der Waals surface area contributed by atoms with E-state index in [1.165, 1.54) is 19.0 Å². The van der Waals surface area contributed by atoms with E-state index in [-0.39, 0.29) is 23.6 Å². The third-order valence-corrected chi connectivity index (χ3v) is 8.37. The van der Waals surface area contributed by atoms with Crippen LogP contribution < -0.4 is 17.2 Å². The molecular weight excluding hydrogens is 464 g/mol. The highest BCUT2D eigenvalue weighted by Crippen LogP contribution is 2.33. The molecule has 1 saturated carbocycles. The number of fused-ring (bicyclic) bond motifs is 1. The van der Waals surface area contributed by atoms with Crippen molar-refractivity contribution < 1.29 is 4.79 Å². The smallest absolute Gasteiger partial charge is 0.329 e. The molecular formula is C29H40N6O2. The normalized spacial score (nSPS) is 20.8. The Morgan fingerprint density at radius 1 is 1.00 bits per heavy atom. The van der Waals surface area contributed by atoms with Crippen molar-refractivity contribution in [1.82, 2.24) is 18.9 Å². The van der Waals surface area contributed by atoms with Gasteiger partial charge in [-0.05, 0) is 99.3 Å². The van der Waals surface area contributed by atoms with Crippen LogP contribution in [0.25, 0.3) is 17.1 Å². The summed E-state index contributed by atoms with van der Waals surface area (Å²) in [4.78, 5) is 31.3. The topological polar surface area (TPSA) is 103 Å². The van der Waals surface area contributed by atoms with Crippen molar-refractivity contribution in [3.63, 3.8) is 0 Å². The van der Waals surface area contributed by atoms with E-state index in [1.807, 2.05) is 32.3 Å². The monoisotopic (exact) mass is 504 g/mol. The standard InChI is InChI=1S/C29H40N6O2/c1-2-21-5-6-26-27(17-21)34(20-22-3-4-22)29(37)35(26)25-10-15-33(16-11-25)28(36)24-8-13-32(14-9-24)19-23(18-31)7-12-30/h2,5-7,12,17-18,22,24-25H,1,3-4,8-11,13-16,19-20,30-31H2/b12-7-,23-18+. The molecule has 3 aliphatic rings. The van der Waals surface area contributed by atoms with Gasteiger partial charge in [0.25, 0.3) is 0 Å². The van der Waals surface area contributed by atoms with E-state index >= 15 is 0 Å². The second kappa shape index (κ2) is 11.0. The predicted octanol–water partition coefficient (Wildman–Crippen LogP) is 3.05. The summed E-state index contributed by atoms with van der Waals surface area (Å²) in [6.45, 7) is 8.63. The zero-order valence-corrected chi connectivity index (χ0v) is 21.7. The van der Waals surface area contributed by atoms with E-state index in [0.29, 0.717) is 19.0 Å². The average molecular weight is 505 g/mol. The summed E-state index contributed by atoms with van der Waals surface area (Å²) < 4.78 is 3.98. The molecule has 1 amide bonds. The maximum absolute atomic E-state index is 13.6. The lowest BCUT2D eigenvalue weighted by Crippen LogP contribution is -2.46. The molecule has 1 aromatic heterocycles. The van der Waals surface area contributed by atoms with Gasteiger partial charge in [-0.1, -0.05) is 18.7 Å². The molecule has 0 spiro atoms. The molecule has 1 aliphatic carbocycles. The first kappa shape index (κ1) is 25.4. The van der Waals surface area contributed by atoms with Crippen LogP contribution in [0.15, 0.2) is 53.6 Å². The van der Waals surface area contributed by atoms with Gasteiger partial charge in [-0.15, -0.1) is 0 Å². The van der Waals surface area contributed by atoms with Gasteiger partial charge in [0.1, 0.15) is 0 Å². The molecule has 2 saturated heterocycles. The van der Waals surface area contributed by atoms with Crippen molar-refractivity contribution >= 4 is 23.0 Å². The number of carbonyl (C=O) groups excluding carboxylic acids is 1. The summed E-state index contributed by atoms with van der Waals surface area (Å²) in [6, 6.07) is 6.31. The van der Waals surface area contributed by atoms with Crippen LogP contribution in [-0.4, -0.2) is 57.6 Å². The van der Waals surface area contributed by atoms with Crippen LogP contribution in [0.5, 0.6) is 0 Å². The highest BCUT2D eigenvalue weighted by molar-refractivity contribution is 5.80. The minimum Gasteiger partial charge on any atom is -0.405 e. The Labute approximate surface area is 218 Å². The van der Waals surface area contributed by atoms with E-state index in [1.54, 1.807) is 6.20 Å².